The van der Waals surface area contributed by atoms with Crippen molar-refractivity contribution in [3.05, 3.63) is 28.5 Å². The highest BCUT2D eigenvalue weighted by atomic mass is 35.5. The zero-order chi connectivity index (χ0) is 17.3. The SMILES string of the molecule is CCc1cnc(C2(F)CCN(C(=O)OC(C)(C)C)CC2)c(Cl)c1. The normalized spacial score (nSPS) is 17.9. The molecule has 0 unspecified atom stereocenters. The maximum Gasteiger partial charge on any atom is 0.410 e. The molecule has 1 aliphatic heterocycles. The number of nitrogens with zero attached hydrogens (tertiary/aromatic N) is 2. The molecule has 0 aromatic carbocycles. The summed E-state index contributed by atoms with van der Waals surface area (Å²) in [6, 6.07) is 1.77. The van der Waals surface area contributed by atoms with Crippen molar-refractivity contribution >= 4 is 17.7 Å². The van der Waals surface area contributed by atoms with Crippen molar-refractivity contribution in [1.82, 2.24) is 9.88 Å². The second-order valence-electron chi connectivity index (χ2n) is 6.96. The molecule has 0 radical (unpaired) electrons. The molecule has 0 saturated carbocycles. The van der Waals surface area contributed by atoms with Crippen LogP contribution in [0.2, 0.25) is 5.02 Å². The Kier molecular flexibility index (Phi) is 5.19. The average molecular weight is 343 g/mol. The van der Waals surface area contributed by atoms with Gasteiger partial charge in [-0.15, -0.1) is 0 Å². The summed E-state index contributed by atoms with van der Waals surface area (Å²) in [4.78, 5) is 17.8. The molecule has 2 rings (SSSR count). The standard InChI is InChI=1S/C17H24ClFN2O2/c1-5-12-10-13(18)14(20-11-12)17(19)6-8-21(9-7-17)15(22)23-16(2,3)4/h10-11H,5-9H2,1-4H3. The number of halogens is 2. The fraction of sp³-hybridized carbons (Fsp3) is 0.647. The third-order valence-electron chi connectivity index (χ3n) is 3.94. The van der Waals surface area contributed by atoms with Gasteiger partial charge in [-0.05, 0) is 38.8 Å². The van der Waals surface area contributed by atoms with Gasteiger partial charge in [0, 0.05) is 32.1 Å². The summed E-state index contributed by atoms with van der Waals surface area (Å²) in [5.41, 5.74) is -0.891. The van der Waals surface area contributed by atoms with Crippen LogP contribution in [0.15, 0.2) is 12.3 Å². The molecule has 128 valence electrons. The number of aryl methyl sites for hydroxylation is 1. The van der Waals surface area contributed by atoms with Crippen LogP contribution in [-0.4, -0.2) is 34.7 Å². The predicted molar refractivity (Wildman–Crippen MR) is 88.5 cm³/mol. The van der Waals surface area contributed by atoms with E-state index >= 15 is 4.39 Å². The van der Waals surface area contributed by atoms with Crippen molar-refractivity contribution in [2.75, 3.05) is 13.1 Å². The van der Waals surface area contributed by atoms with E-state index in [1.165, 1.54) is 4.90 Å². The molecule has 0 aliphatic carbocycles. The van der Waals surface area contributed by atoms with Crippen molar-refractivity contribution in [2.45, 2.75) is 58.2 Å². The van der Waals surface area contributed by atoms with E-state index in [1.54, 1.807) is 12.3 Å². The summed E-state index contributed by atoms with van der Waals surface area (Å²) in [5, 5.41) is 0.359. The molecule has 0 N–H and O–H groups in total. The van der Waals surface area contributed by atoms with Crippen molar-refractivity contribution in [1.29, 1.82) is 0 Å². The van der Waals surface area contributed by atoms with E-state index in [2.05, 4.69) is 4.98 Å². The predicted octanol–water partition coefficient (Wildman–Crippen LogP) is 4.49. The Morgan fingerprint density at radius 3 is 2.52 bits per heavy atom. The smallest absolute Gasteiger partial charge is 0.410 e. The molecule has 6 heteroatoms. The van der Waals surface area contributed by atoms with E-state index in [-0.39, 0.29) is 18.5 Å². The number of carbonyl (C=O) groups is 1. The summed E-state index contributed by atoms with van der Waals surface area (Å²) >= 11 is 6.21. The second-order valence-corrected chi connectivity index (χ2v) is 7.37. The molecule has 4 nitrogen and oxygen atoms in total. The molecule has 1 aromatic heterocycles. The van der Waals surface area contributed by atoms with Crippen LogP contribution in [0.5, 0.6) is 0 Å². The van der Waals surface area contributed by atoms with E-state index in [1.807, 2.05) is 27.7 Å². The van der Waals surface area contributed by atoms with Crippen molar-refractivity contribution in [2.24, 2.45) is 0 Å². The molecule has 0 bridgehead atoms. The zero-order valence-electron chi connectivity index (χ0n) is 14.2. The minimum absolute atomic E-state index is 0.171. The maximum atomic E-state index is 15.3. The number of hydrogen-bond donors (Lipinski definition) is 0. The number of rotatable bonds is 2. The molecule has 1 amide bonds. The molecule has 2 heterocycles. The molecular weight excluding hydrogens is 319 g/mol. The van der Waals surface area contributed by atoms with Gasteiger partial charge in [0.05, 0.1) is 10.7 Å². The van der Waals surface area contributed by atoms with E-state index in [0.29, 0.717) is 18.1 Å². The summed E-state index contributed by atoms with van der Waals surface area (Å²) in [6.07, 6.45) is 2.41. The highest BCUT2D eigenvalue weighted by Crippen LogP contribution is 2.39. The van der Waals surface area contributed by atoms with Gasteiger partial charge in [-0.2, -0.15) is 0 Å². The Morgan fingerprint density at radius 2 is 2.04 bits per heavy atom. The van der Waals surface area contributed by atoms with E-state index in [4.69, 9.17) is 16.3 Å². The van der Waals surface area contributed by atoms with E-state index in [9.17, 15) is 4.79 Å². The Morgan fingerprint density at radius 1 is 1.43 bits per heavy atom. The van der Waals surface area contributed by atoms with Crippen LogP contribution >= 0.6 is 11.6 Å². The van der Waals surface area contributed by atoms with Crippen molar-refractivity contribution in [3.63, 3.8) is 0 Å². The number of carbonyl (C=O) groups excluding carboxylic acids is 1. The zero-order valence-corrected chi connectivity index (χ0v) is 14.9. The number of amides is 1. The first-order valence-electron chi connectivity index (χ1n) is 7.96. The quantitative estimate of drug-likeness (QED) is 0.795. The van der Waals surface area contributed by atoms with Crippen LogP contribution in [-0.2, 0) is 16.8 Å². The summed E-state index contributed by atoms with van der Waals surface area (Å²) in [7, 11) is 0. The Labute approximate surface area is 142 Å². The van der Waals surface area contributed by atoms with Gasteiger partial charge in [0.2, 0.25) is 0 Å². The van der Waals surface area contributed by atoms with Crippen LogP contribution < -0.4 is 0 Å². The number of hydrogen-bond acceptors (Lipinski definition) is 3. The number of alkyl halides is 1. The van der Waals surface area contributed by atoms with Crippen LogP contribution in [0, 0.1) is 0 Å². The average Bonchev–Trinajstić information content (AvgIpc) is 2.45. The molecule has 1 fully saturated rings. The summed E-state index contributed by atoms with van der Waals surface area (Å²) in [5.74, 6) is 0. The van der Waals surface area contributed by atoms with Gasteiger partial charge in [-0.25, -0.2) is 9.18 Å². The molecule has 1 saturated heterocycles. The third kappa shape index (κ3) is 4.34. The lowest BCUT2D eigenvalue weighted by molar-refractivity contribution is 0.00129. The van der Waals surface area contributed by atoms with Gasteiger partial charge < -0.3 is 9.64 Å². The lowest BCUT2D eigenvalue weighted by Crippen LogP contribution is -2.45. The monoisotopic (exact) mass is 342 g/mol. The molecule has 0 atom stereocenters. The Bertz CT molecular complexity index is 578. The minimum Gasteiger partial charge on any atom is -0.444 e. The van der Waals surface area contributed by atoms with E-state index in [0.717, 1.165) is 12.0 Å². The first kappa shape index (κ1) is 18.0. The van der Waals surface area contributed by atoms with Crippen LogP contribution in [0.1, 0.15) is 51.8 Å². The fourth-order valence-electron chi connectivity index (χ4n) is 2.61. The number of ether oxygens (including phenoxy) is 1. The van der Waals surface area contributed by atoms with Gasteiger partial charge in [-0.1, -0.05) is 18.5 Å². The number of likely N-dealkylation sites (tertiary alicyclic amines) is 1. The first-order valence-corrected chi connectivity index (χ1v) is 8.34. The van der Waals surface area contributed by atoms with Crippen molar-refractivity contribution in [3.8, 4) is 0 Å². The van der Waals surface area contributed by atoms with Crippen molar-refractivity contribution < 1.29 is 13.9 Å². The minimum atomic E-state index is -1.60. The topological polar surface area (TPSA) is 42.4 Å². The second kappa shape index (κ2) is 6.63. The molecular formula is C17H24ClFN2O2. The lowest BCUT2D eigenvalue weighted by Gasteiger charge is -2.37. The third-order valence-corrected chi connectivity index (χ3v) is 4.23. The molecule has 23 heavy (non-hydrogen) atoms. The van der Waals surface area contributed by atoms with Crippen LogP contribution in [0.4, 0.5) is 9.18 Å². The number of pyridine rings is 1. The maximum absolute atomic E-state index is 15.3. The van der Waals surface area contributed by atoms with Gasteiger partial charge in [-0.3, -0.25) is 4.98 Å². The van der Waals surface area contributed by atoms with Gasteiger partial charge >= 0.3 is 6.09 Å². The van der Waals surface area contributed by atoms with Gasteiger partial charge in [0.1, 0.15) is 5.60 Å². The van der Waals surface area contributed by atoms with Gasteiger partial charge in [0.15, 0.2) is 5.67 Å². The largest absolute Gasteiger partial charge is 0.444 e. The summed E-state index contributed by atoms with van der Waals surface area (Å²) < 4.78 is 20.6. The van der Waals surface area contributed by atoms with Gasteiger partial charge in [0.25, 0.3) is 0 Å². The van der Waals surface area contributed by atoms with Crippen LogP contribution in [0.3, 0.4) is 0 Å². The lowest BCUT2D eigenvalue weighted by atomic mass is 9.89. The molecule has 1 aromatic rings. The fourth-order valence-corrected chi connectivity index (χ4v) is 2.97. The highest BCUT2D eigenvalue weighted by molar-refractivity contribution is 6.31. The number of aromatic nitrogens is 1. The molecule has 1 aliphatic rings. The Hall–Kier alpha value is -1.36. The molecule has 0 spiro atoms. The Balaban J connectivity index is 2.06. The highest BCUT2D eigenvalue weighted by Gasteiger charge is 2.41. The summed E-state index contributed by atoms with van der Waals surface area (Å²) in [6.45, 7) is 8.02. The first-order chi connectivity index (χ1) is 10.6. The van der Waals surface area contributed by atoms with E-state index < -0.39 is 17.4 Å². The van der Waals surface area contributed by atoms with Crippen LogP contribution in [0.25, 0.3) is 0 Å². The number of piperidine rings is 1.